The van der Waals surface area contributed by atoms with Gasteiger partial charge in [0.1, 0.15) is 12.6 Å². The molecule has 1 N–H and O–H groups in total. The molecule has 0 saturated heterocycles. The monoisotopic (exact) mass is 524 g/mol. The lowest BCUT2D eigenvalue weighted by atomic mass is 9.88. The van der Waals surface area contributed by atoms with Crippen LogP contribution in [0.15, 0.2) is 72.8 Å². The molecule has 4 aromatic rings. The SMILES string of the molecule is CN(Cc1ccc2ccccc2n1)[C@@H]1CCCC[C@H]1[NH+](C)Cc1ccc2ccccc2n1.[O-][Cl+3]([O-])([O-])[O-]. The van der Waals surface area contributed by atoms with Gasteiger partial charge in [0.2, 0.25) is 0 Å². The summed E-state index contributed by atoms with van der Waals surface area (Å²) in [5, 5.41) is 2.42. The minimum atomic E-state index is -4.94. The third-order valence-electron chi connectivity index (χ3n) is 7.11. The summed E-state index contributed by atoms with van der Waals surface area (Å²) < 4.78 is 34.0. The molecule has 1 aliphatic carbocycles. The molecule has 3 atom stereocenters. The molecule has 0 aliphatic heterocycles. The van der Waals surface area contributed by atoms with E-state index in [1.807, 2.05) is 0 Å². The van der Waals surface area contributed by atoms with Crippen LogP contribution in [0.2, 0.25) is 0 Å². The fourth-order valence-corrected chi connectivity index (χ4v) is 5.41. The molecular formula is C28H33ClN4O4. The number of nitrogens with one attached hydrogen (secondary N) is 1. The summed E-state index contributed by atoms with van der Waals surface area (Å²) in [7, 11) is -0.316. The topological polar surface area (TPSA) is 126 Å². The number of hydrogen-bond acceptors (Lipinski definition) is 7. The van der Waals surface area contributed by atoms with Gasteiger partial charge < -0.3 is 4.90 Å². The Hall–Kier alpha value is -2.69. The quantitative estimate of drug-likeness (QED) is 0.360. The van der Waals surface area contributed by atoms with Gasteiger partial charge in [0.05, 0.1) is 35.5 Å². The van der Waals surface area contributed by atoms with Crippen molar-refractivity contribution in [1.29, 1.82) is 0 Å². The standard InChI is InChI=1S/C28H32N4.ClHO4/c1-31(19-23-17-15-21-9-3-5-11-25(21)29-23)27-13-7-8-14-28(27)32(2)20-24-18-16-22-10-4-6-12-26(22)30-24;2-1(3,4)5/h3-6,9-12,15-18,27-28H,7-8,13-14,19-20H2,1-2H3;(H,2,3,4,5)/t27-,28-;/m1./s1. The zero-order valence-corrected chi connectivity index (χ0v) is 21.9. The first-order valence-corrected chi connectivity index (χ1v) is 13.7. The van der Waals surface area contributed by atoms with Crippen LogP contribution in [-0.2, 0) is 13.1 Å². The highest BCUT2D eigenvalue weighted by atomic mass is 35.7. The predicted molar refractivity (Wildman–Crippen MR) is 132 cm³/mol. The van der Waals surface area contributed by atoms with Crippen molar-refractivity contribution in [1.82, 2.24) is 14.9 Å². The highest BCUT2D eigenvalue weighted by Crippen LogP contribution is 2.23. The number of quaternary nitrogens is 1. The molecule has 1 aliphatic rings. The molecule has 2 aromatic carbocycles. The van der Waals surface area contributed by atoms with Gasteiger partial charge in [0, 0.05) is 23.7 Å². The summed E-state index contributed by atoms with van der Waals surface area (Å²) >= 11 is 0. The maximum atomic E-state index is 8.49. The third kappa shape index (κ3) is 7.90. The van der Waals surface area contributed by atoms with E-state index in [9.17, 15) is 0 Å². The highest BCUT2D eigenvalue weighted by Gasteiger charge is 2.34. The molecule has 9 heteroatoms. The second-order valence-electron chi connectivity index (χ2n) is 9.77. The van der Waals surface area contributed by atoms with Gasteiger partial charge in [-0.2, -0.15) is 0 Å². The Morgan fingerprint density at radius 3 is 1.92 bits per heavy atom. The van der Waals surface area contributed by atoms with Crippen molar-refractivity contribution >= 4 is 21.8 Å². The van der Waals surface area contributed by atoms with Crippen molar-refractivity contribution in [3.8, 4) is 0 Å². The zero-order chi connectivity index (χ0) is 26.4. The van der Waals surface area contributed by atoms with Crippen LogP contribution in [0, 0.1) is 10.2 Å². The van der Waals surface area contributed by atoms with Crippen molar-refractivity contribution in [2.24, 2.45) is 0 Å². The van der Waals surface area contributed by atoms with Crippen LogP contribution in [0.3, 0.4) is 0 Å². The average Bonchev–Trinajstić information content (AvgIpc) is 2.87. The van der Waals surface area contributed by atoms with Gasteiger partial charge >= 0.3 is 0 Å². The minimum Gasteiger partial charge on any atom is -0.329 e. The van der Waals surface area contributed by atoms with E-state index in [4.69, 9.17) is 28.6 Å². The zero-order valence-electron chi connectivity index (χ0n) is 21.2. The molecule has 2 aromatic heterocycles. The van der Waals surface area contributed by atoms with Gasteiger partial charge in [-0.15, -0.1) is 10.2 Å². The maximum absolute atomic E-state index is 8.49. The van der Waals surface area contributed by atoms with Gasteiger partial charge in [0.25, 0.3) is 0 Å². The third-order valence-corrected chi connectivity index (χ3v) is 7.11. The molecule has 1 unspecified atom stereocenters. The number of aromatic nitrogens is 2. The van der Waals surface area contributed by atoms with Crippen molar-refractivity contribution < 1.29 is 33.8 Å². The number of pyridine rings is 2. The van der Waals surface area contributed by atoms with Gasteiger partial charge in [0.15, 0.2) is 0 Å². The van der Waals surface area contributed by atoms with Crippen LogP contribution in [-0.4, -0.2) is 41.0 Å². The number of para-hydroxylation sites is 2. The van der Waals surface area contributed by atoms with Gasteiger partial charge in [-0.1, -0.05) is 55.0 Å². The van der Waals surface area contributed by atoms with Gasteiger partial charge in [-0.3, -0.25) is 9.88 Å². The fourth-order valence-electron chi connectivity index (χ4n) is 5.41. The molecule has 1 fully saturated rings. The van der Waals surface area contributed by atoms with E-state index in [0.717, 1.165) is 29.8 Å². The van der Waals surface area contributed by atoms with Crippen LogP contribution >= 0.6 is 0 Å². The summed E-state index contributed by atoms with van der Waals surface area (Å²) in [5.74, 6) is 0. The van der Waals surface area contributed by atoms with E-state index in [1.165, 1.54) is 42.1 Å². The van der Waals surface area contributed by atoms with E-state index in [-0.39, 0.29) is 0 Å². The summed E-state index contributed by atoms with van der Waals surface area (Å²) in [5.41, 5.74) is 4.52. The Balaban J connectivity index is 0.000000586. The number of rotatable bonds is 6. The lowest BCUT2D eigenvalue weighted by Crippen LogP contribution is -3.13. The molecular weight excluding hydrogens is 492 g/mol. The Morgan fingerprint density at radius 2 is 1.30 bits per heavy atom. The second kappa shape index (κ2) is 12.2. The van der Waals surface area contributed by atoms with Crippen molar-refractivity contribution in [3.63, 3.8) is 0 Å². The van der Waals surface area contributed by atoms with Crippen LogP contribution < -0.4 is 23.5 Å². The Morgan fingerprint density at radius 1 is 0.784 bits per heavy atom. The first-order valence-electron chi connectivity index (χ1n) is 12.5. The molecule has 0 spiro atoms. The predicted octanol–water partition coefficient (Wildman–Crippen LogP) is -0.515. The molecule has 0 amide bonds. The number of hydrogen-bond donors (Lipinski definition) is 1. The van der Waals surface area contributed by atoms with E-state index >= 15 is 0 Å². The molecule has 5 rings (SSSR count). The van der Waals surface area contributed by atoms with E-state index < -0.39 is 10.2 Å². The molecule has 37 heavy (non-hydrogen) atoms. The number of halogens is 1. The average molecular weight is 525 g/mol. The van der Waals surface area contributed by atoms with E-state index in [2.05, 4.69) is 91.8 Å². The van der Waals surface area contributed by atoms with Crippen LogP contribution in [0.1, 0.15) is 37.1 Å². The van der Waals surface area contributed by atoms with E-state index in [0.29, 0.717) is 12.1 Å². The number of benzene rings is 2. The molecule has 8 nitrogen and oxygen atoms in total. The smallest absolute Gasteiger partial charge is 0.120 e. The van der Waals surface area contributed by atoms with Crippen molar-refractivity contribution in [2.45, 2.75) is 50.9 Å². The first-order chi connectivity index (χ1) is 17.7. The summed E-state index contributed by atoms with van der Waals surface area (Å²) in [4.78, 5) is 14.0. The number of fused-ring (bicyclic) bond motifs is 2. The second-order valence-corrected chi connectivity index (χ2v) is 10.5. The number of nitrogens with zero attached hydrogens (tertiary/aromatic N) is 3. The minimum absolute atomic E-state index is 0.567. The normalized spacial score (nSPS) is 19.0. The Kier molecular flexibility index (Phi) is 9.04. The lowest BCUT2D eigenvalue weighted by Gasteiger charge is -2.40. The molecule has 2 heterocycles. The summed E-state index contributed by atoms with van der Waals surface area (Å²) in [6, 6.07) is 26.8. The highest BCUT2D eigenvalue weighted by molar-refractivity contribution is 5.79. The number of likely N-dealkylation sites (N-methyl/N-ethyl adjacent to an activating group) is 2. The van der Waals surface area contributed by atoms with Crippen LogP contribution in [0.5, 0.6) is 0 Å². The molecule has 0 bridgehead atoms. The van der Waals surface area contributed by atoms with Gasteiger partial charge in [-0.05, 0) is 44.2 Å². The van der Waals surface area contributed by atoms with Crippen LogP contribution in [0.4, 0.5) is 0 Å². The fraction of sp³-hybridized carbons (Fsp3) is 0.357. The summed E-state index contributed by atoms with van der Waals surface area (Å²) in [6.45, 7) is 1.86. The Labute approximate surface area is 219 Å². The molecule has 196 valence electrons. The van der Waals surface area contributed by atoms with Crippen molar-refractivity contribution in [2.75, 3.05) is 14.1 Å². The van der Waals surface area contributed by atoms with E-state index in [1.54, 1.807) is 4.90 Å². The maximum Gasteiger partial charge on any atom is 0.120 e. The van der Waals surface area contributed by atoms with Crippen molar-refractivity contribution in [3.05, 3.63) is 84.2 Å². The van der Waals surface area contributed by atoms with Gasteiger partial charge in [-0.25, -0.2) is 23.6 Å². The molecule has 1 saturated carbocycles. The van der Waals surface area contributed by atoms with Crippen LogP contribution in [0.25, 0.3) is 21.8 Å². The lowest BCUT2D eigenvalue weighted by molar-refractivity contribution is -2.00. The summed E-state index contributed by atoms with van der Waals surface area (Å²) in [6.07, 6.45) is 5.18. The molecule has 0 radical (unpaired) electrons. The Bertz CT molecular complexity index is 1210. The first kappa shape index (κ1) is 27.3. The largest absolute Gasteiger partial charge is 0.329 e.